The molecular formula is C14H14ClNO. The topological polar surface area (TPSA) is 22.1 Å². The van der Waals surface area contributed by atoms with Gasteiger partial charge in [-0.3, -0.25) is 4.98 Å². The summed E-state index contributed by atoms with van der Waals surface area (Å²) >= 11 is 6.43. The highest BCUT2D eigenvalue weighted by atomic mass is 35.5. The molecule has 0 N–H and O–H groups in total. The molecule has 1 aromatic heterocycles. The average Bonchev–Trinajstić information content (AvgIpc) is 2.39. The summed E-state index contributed by atoms with van der Waals surface area (Å²) in [6.07, 6.45) is 3.50. The quantitative estimate of drug-likeness (QED) is 0.771. The summed E-state index contributed by atoms with van der Waals surface area (Å²) in [5, 5.41) is -0.150. The number of halogens is 1. The molecule has 88 valence electrons. The van der Waals surface area contributed by atoms with Crippen molar-refractivity contribution in [2.45, 2.75) is 12.3 Å². The lowest BCUT2D eigenvalue weighted by Crippen LogP contribution is -1.95. The lowest BCUT2D eigenvalue weighted by molar-refractivity contribution is 0.411. The summed E-state index contributed by atoms with van der Waals surface area (Å²) in [6, 6.07) is 9.84. The first-order chi connectivity index (χ1) is 8.22. The Morgan fingerprint density at radius 1 is 1.12 bits per heavy atom. The number of benzene rings is 1. The summed E-state index contributed by atoms with van der Waals surface area (Å²) < 4.78 is 5.23. The normalized spacial score (nSPS) is 12.2. The molecular weight excluding hydrogens is 234 g/mol. The first-order valence-electron chi connectivity index (χ1n) is 5.41. The van der Waals surface area contributed by atoms with E-state index >= 15 is 0 Å². The first kappa shape index (κ1) is 11.9. The van der Waals surface area contributed by atoms with E-state index < -0.39 is 0 Å². The maximum absolute atomic E-state index is 6.43. The van der Waals surface area contributed by atoms with Gasteiger partial charge in [-0.2, -0.15) is 0 Å². The molecule has 0 saturated carbocycles. The van der Waals surface area contributed by atoms with E-state index in [1.807, 2.05) is 31.2 Å². The Labute approximate surface area is 106 Å². The van der Waals surface area contributed by atoms with Crippen LogP contribution in [0.2, 0.25) is 0 Å². The zero-order valence-corrected chi connectivity index (χ0v) is 10.6. The van der Waals surface area contributed by atoms with Crippen LogP contribution in [0.1, 0.15) is 22.1 Å². The Balaban J connectivity index is 2.32. The number of hydrogen-bond acceptors (Lipinski definition) is 2. The molecule has 0 saturated heterocycles. The lowest BCUT2D eigenvalue weighted by Gasteiger charge is -2.12. The van der Waals surface area contributed by atoms with E-state index in [0.29, 0.717) is 0 Å². The zero-order chi connectivity index (χ0) is 12.3. The van der Waals surface area contributed by atoms with Gasteiger partial charge in [0.1, 0.15) is 5.75 Å². The van der Waals surface area contributed by atoms with Gasteiger partial charge < -0.3 is 4.74 Å². The molecule has 0 spiro atoms. The third-order valence-electron chi connectivity index (χ3n) is 2.71. The number of pyridine rings is 1. The number of ether oxygens (including phenoxy) is 1. The number of hydrogen-bond donors (Lipinski definition) is 0. The molecule has 0 amide bonds. The van der Waals surface area contributed by atoms with Gasteiger partial charge in [0.2, 0.25) is 0 Å². The first-order valence-corrected chi connectivity index (χ1v) is 5.84. The van der Waals surface area contributed by atoms with Crippen LogP contribution in [-0.4, -0.2) is 12.1 Å². The fourth-order valence-electron chi connectivity index (χ4n) is 1.78. The van der Waals surface area contributed by atoms with Gasteiger partial charge in [-0.25, -0.2) is 0 Å². The second-order valence-electron chi connectivity index (χ2n) is 3.87. The van der Waals surface area contributed by atoms with E-state index in [9.17, 15) is 0 Å². The highest BCUT2D eigenvalue weighted by molar-refractivity contribution is 6.22. The number of methoxy groups -OCH3 is 1. The zero-order valence-electron chi connectivity index (χ0n) is 9.85. The molecule has 0 aliphatic carbocycles. The number of aryl methyl sites for hydroxylation is 1. The molecule has 0 radical (unpaired) electrons. The second kappa shape index (κ2) is 5.19. The Morgan fingerprint density at radius 3 is 2.41 bits per heavy atom. The molecule has 0 bridgehead atoms. The van der Waals surface area contributed by atoms with Gasteiger partial charge in [-0.05, 0) is 41.8 Å². The number of aromatic nitrogens is 1. The molecule has 0 aliphatic heterocycles. The number of rotatable bonds is 3. The van der Waals surface area contributed by atoms with Crippen molar-refractivity contribution >= 4 is 11.6 Å². The fourth-order valence-corrected chi connectivity index (χ4v) is 2.07. The van der Waals surface area contributed by atoms with Crippen molar-refractivity contribution in [3.8, 4) is 5.75 Å². The summed E-state index contributed by atoms with van der Waals surface area (Å²) in [6.45, 7) is 2.01. The van der Waals surface area contributed by atoms with Crippen LogP contribution in [0.4, 0.5) is 0 Å². The molecule has 2 rings (SSSR count). The number of alkyl halides is 1. The molecule has 0 fully saturated rings. The Morgan fingerprint density at radius 2 is 1.82 bits per heavy atom. The molecule has 3 heteroatoms. The minimum Gasteiger partial charge on any atom is -0.496 e. The van der Waals surface area contributed by atoms with Crippen molar-refractivity contribution in [3.63, 3.8) is 0 Å². The van der Waals surface area contributed by atoms with Crippen molar-refractivity contribution in [2.24, 2.45) is 0 Å². The van der Waals surface area contributed by atoms with Crippen LogP contribution in [0.15, 0.2) is 42.7 Å². The van der Waals surface area contributed by atoms with Crippen LogP contribution in [0.25, 0.3) is 0 Å². The predicted octanol–water partition coefficient (Wildman–Crippen LogP) is 3.73. The molecule has 2 nitrogen and oxygen atoms in total. The van der Waals surface area contributed by atoms with Crippen LogP contribution in [0.5, 0.6) is 5.75 Å². The standard InChI is InChI=1S/C14H14ClNO/c1-10-9-12(3-4-13(10)17-2)14(15)11-5-7-16-8-6-11/h3-9,14H,1-2H3. The summed E-state index contributed by atoms with van der Waals surface area (Å²) in [5.41, 5.74) is 3.20. The van der Waals surface area contributed by atoms with Crippen molar-refractivity contribution < 1.29 is 4.74 Å². The van der Waals surface area contributed by atoms with Gasteiger partial charge in [0.15, 0.2) is 0 Å². The second-order valence-corrected chi connectivity index (χ2v) is 4.31. The Kier molecular flexibility index (Phi) is 3.64. The maximum Gasteiger partial charge on any atom is 0.121 e. The third-order valence-corrected chi connectivity index (χ3v) is 3.21. The average molecular weight is 248 g/mol. The highest BCUT2D eigenvalue weighted by Crippen LogP contribution is 2.31. The smallest absolute Gasteiger partial charge is 0.121 e. The SMILES string of the molecule is COc1ccc(C(Cl)c2ccncc2)cc1C. The molecule has 1 aromatic carbocycles. The largest absolute Gasteiger partial charge is 0.496 e. The molecule has 1 heterocycles. The van der Waals surface area contributed by atoms with Crippen molar-refractivity contribution in [1.82, 2.24) is 4.98 Å². The molecule has 1 unspecified atom stereocenters. The Hall–Kier alpha value is -1.54. The van der Waals surface area contributed by atoms with Crippen molar-refractivity contribution in [1.29, 1.82) is 0 Å². The predicted molar refractivity (Wildman–Crippen MR) is 69.7 cm³/mol. The van der Waals surface area contributed by atoms with Gasteiger partial charge in [-0.15, -0.1) is 11.6 Å². The van der Waals surface area contributed by atoms with Gasteiger partial charge in [0.05, 0.1) is 12.5 Å². The summed E-state index contributed by atoms with van der Waals surface area (Å²) in [4.78, 5) is 3.99. The van der Waals surface area contributed by atoms with Crippen LogP contribution in [0.3, 0.4) is 0 Å². The molecule has 17 heavy (non-hydrogen) atoms. The highest BCUT2D eigenvalue weighted by Gasteiger charge is 2.11. The molecule has 1 atom stereocenters. The van der Waals surface area contributed by atoms with E-state index in [4.69, 9.17) is 16.3 Å². The molecule has 0 aliphatic rings. The van der Waals surface area contributed by atoms with E-state index in [-0.39, 0.29) is 5.38 Å². The van der Waals surface area contributed by atoms with E-state index in [1.54, 1.807) is 19.5 Å². The van der Waals surface area contributed by atoms with Crippen molar-refractivity contribution in [3.05, 3.63) is 59.4 Å². The number of nitrogens with zero attached hydrogens (tertiary/aromatic N) is 1. The van der Waals surface area contributed by atoms with Gasteiger partial charge in [0, 0.05) is 12.4 Å². The van der Waals surface area contributed by atoms with Crippen LogP contribution < -0.4 is 4.74 Å². The fraction of sp³-hybridized carbons (Fsp3) is 0.214. The summed E-state index contributed by atoms with van der Waals surface area (Å²) in [7, 11) is 1.67. The summed E-state index contributed by atoms with van der Waals surface area (Å²) in [5.74, 6) is 0.882. The van der Waals surface area contributed by atoms with Crippen molar-refractivity contribution in [2.75, 3.05) is 7.11 Å². The van der Waals surface area contributed by atoms with E-state index in [1.165, 1.54) is 0 Å². The van der Waals surface area contributed by atoms with E-state index in [0.717, 1.165) is 22.4 Å². The van der Waals surface area contributed by atoms with Crippen LogP contribution >= 0.6 is 11.6 Å². The molecule has 2 aromatic rings. The minimum absolute atomic E-state index is 0.150. The van der Waals surface area contributed by atoms with Gasteiger partial charge >= 0.3 is 0 Å². The maximum atomic E-state index is 6.43. The van der Waals surface area contributed by atoms with Gasteiger partial charge in [0.25, 0.3) is 0 Å². The van der Waals surface area contributed by atoms with Gasteiger partial charge in [-0.1, -0.05) is 12.1 Å². The van der Waals surface area contributed by atoms with Crippen LogP contribution in [-0.2, 0) is 0 Å². The minimum atomic E-state index is -0.150. The van der Waals surface area contributed by atoms with E-state index in [2.05, 4.69) is 11.1 Å². The monoisotopic (exact) mass is 247 g/mol. The lowest BCUT2D eigenvalue weighted by atomic mass is 10.0. The van der Waals surface area contributed by atoms with Crippen LogP contribution in [0, 0.1) is 6.92 Å². The Bertz CT molecular complexity index is 499. The third kappa shape index (κ3) is 2.59.